The minimum absolute atomic E-state index is 0.841. The number of nitrogens with zero attached hydrogens (tertiary/aromatic N) is 1. The van der Waals surface area contributed by atoms with Crippen LogP contribution in [0.25, 0.3) is 119 Å². The van der Waals surface area contributed by atoms with Crippen LogP contribution in [0, 0.1) is 0 Å². The Kier molecular flexibility index (Phi) is 8.15. The second-order valence-corrected chi connectivity index (χ2v) is 18.2. The van der Waals surface area contributed by atoms with Gasteiger partial charge in [-0.05, 0) is 105 Å². The Morgan fingerprint density at radius 3 is 1.68 bits per heavy atom. The molecule has 0 aliphatic carbocycles. The van der Waals surface area contributed by atoms with E-state index in [1.165, 1.54) is 58.4 Å². The maximum atomic E-state index is 7.01. The maximum absolute atomic E-state index is 7.01. The summed E-state index contributed by atoms with van der Waals surface area (Å²) in [5.41, 5.74) is 13.6. The molecule has 0 aliphatic rings. The summed E-state index contributed by atoms with van der Waals surface area (Å²) in [4.78, 5) is 2.39. The van der Waals surface area contributed by atoms with Gasteiger partial charge in [0.15, 0.2) is 5.58 Å². The summed E-state index contributed by atoms with van der Waals surface area (Å²) in [6.45, 7) is 0. The van der Waals surface area contributed by atoms with E-state index in [0.29, 0.717) is 0 Å². The molecular formula is C62H37NO2S. The molecular weight excluding hydrogens is 823 g/mol. The SMILES string of the molecule is c1ccc(-c2ccc3oc4c(N(c5ccc(-c6cccc7ccccc67)cc5)c5cccc6c5ccc5c7ccccc7sc65)cccc4c3c2)c(-c2ccc3oc4ccccc4c3c2)c1. The monoisotopic (exact) mass is 859 g/mol. The predicted molar refractivity (Wildman–Crippen MR) is 280 cm³/mol. The van der Waals surface area contributed by atoms with Crippen molar-refractivity contribution < 1.29 is 8.83 Å². The van der Waals surface area contributed by atoms with Crippen LogP contribution in [-0.4, -0.2) is 0 Å². The molecule has 0 fully saturated rings. The van der Waals surface area contributed by atoms with Gasteiger partial charge in [0, 0.05) is 58.2 Å². The second kappa shape index (κ2) is 14.5. The van der Waals surface area contributed by atoms with Gasteiger partial charge in [0.1, 0.15) is 16.7 Å². The number of hydrogen-bond acceptors (Lipinski definition) is 4. The zero-order valence-electron chi connectivity index (χ0n) is 35.5. The van der Waals surface area contributed by atoms with Crippen molar-refractivity contribution in [1.29, 1.82) is 0 Å². The highest BCUT2D eigenvalue weighted by Crippen LogP contribution is 2.48. The predicted octanol–water partition coefficient (Wildman–Crippen LogP) is 18.6. The Bertz CT molecular complexity index is 4240. The molecule has 0 unspecified atom stereocenters. The zero-order valence-corrected chi connectivity index (χ0v) is 36.4. The average molecular weight is 860 g/mol. The summed E-state index contributed by atoms with van der Waals surface area (Å²) in [6.07, 6.45) is 0. The van der Waals surface area contributed by atoms with Crippen LogP contribution < -0.4 is 4.90 Å². The molecule has 0 atom stereocenters. The van der Waals surface area contributed by atoms with E-state index in [9.17, 15) is 0 Å². The molecule has 0 spiro atoms. The smallest absolute Gasteiger partial charge is 0.159 e. The lowest BCUT2D eigenvalue weighted by Crippen LogP contribution is -2.10. The number of benzene rings is 11. The molecule has 3 nitrogen and oxygen atoms in total. The zero-order chi connectivity index (χ0) is 43.3. The molecule has 0 N–H and O–H groups in total. The molecule has 0 amide bonds. The van der Waals surface area contributed by atoms with Crippen molar-refractivity contribution in [3.8, 4) is 33.4 Å². The van der Waals surface area contributed by atoms with Crippen molar-refractivity contribution in [2.24, 2.45) is 0 Å². The Balaban J connectivity index is 0.944. The quantitative estimate of drug-likeness (QED) is 0.167. The number of thiophene rings is 1. The van der Waals surface area contributed by atoms with Crippen molar-refractivity contribution in [2.45, 2.75) is 0 Å². The van der Waals surface area contributed by atoms with E-state index in [0.717, 1.165) is 77.6 Å². The molecule has 4 heteroatoms. The van der Waals surface area contributed by atoms with Crippen LogP contribution in [0.1, 0.15) is 0 Å². The molecule has 11 aromatic carbocycles. The van der Waals surface area contributed by atoms with Crippen molar-refractivity contribution in [2.75, 3.05) is 4.90 Å². The van der Waals surface area contributed by atoms with E-state index in [4.69, 9.17) is 8.83 Å². The minimum atomic E-state index is 0.841. The molecule has 14 aromatic rings. The number of furan rings is 2. The number of hydrogen-bond donors (Lipinski definition) is 0. The standard InChI is InChI=1S/C62H37NO2S/c1-2-14-43-38(12-1)13-9-19-44(43)39-26-30-42(31-27-39)63(55-22-11-21-51-47(55)32-33-52-49-18-6-8-25-60(49)66-62(51)52)56-23-10-20-50-54-37-41(29-35-59(54)65-61(50)56)46-16-4-3-15-45(46)40-28-34-58-53(36-40)48-17-5-7-24-57(48)64-58/h1-37H. The topological polar surface area (TPSA) is 29.5 Å². The number of para-hydroxylation sites is 2. The van der Waals surface area contributed by atoms with E-state index in [2.05, 4.69) is 217 Å². The lowest BCUT2D eigenvalue weighted by atomic mass is 9.93. The summed E-state index contributed by atoms with van der Waals surface area (Å²) in [5.74, 6) is 0. The first-order valence-electron chi connectivity index (χ1n) is 22.4. The number of rotatable bonds is 6. The normalized spacial score (nSPS) is 11.9. The van der Waals surface area contributed by atoms with Crippen LogP contribution in [0.2, 0.25) is 0 Å². The summed E-state index contributed by atoms with van der Waals surface area (Å²) in [6, 6.07) is 81.0. The third-order valence-corrected chi connectivity index (χ3v) is 14.7. The Hall–Kier alpha value is -8.44. The summed E-state index contributed by atoms with van der Waals surface area (Å²) < 4.78 is 15.8. The van der Waals surface area contributed by atoms with Crippen LogP contribution in [0.15, 0.2) is 233 Å². The molecule has 0 bridgehead atoms. The van der Waals surface area contributed by atoms with Gasteiger partial charge in [0.05, 0.1) is 11.4 Å². The van der Waals surface area contributed by atoms with Crippen molar-refractivity contribution in [3.05, 3.63) is 224 Å². The third-order valence-electron chi connectivity index (χ3n) is 13.5. The first kappa shape index (κ1) is 37.0. The first-order valence-corrected chi connectivity index (χ1v) is 23.2. The fourth-order valence-corrected chi connectivity index (χ4v) is 11.6. The van der Waals surface area contributed by atoms with Gasteiger partial charge in [-0.1, -0.05) is 164 Å². The van der Waals surface area contributed by atoms with Gasteiger partial charge in [-0.15, -0.1) is 11.3 Å². The number of fused-ring (bicyclic) bond motifs is 12. The van der Waals surface area contributed by atoms with E-state index in [1.54, 1.807) is 0 Å². The van der Waals surface area contributed by atoms with E-state index in [-0.39, 0.29) is 0 Å². The van der Waals surface area contributed by atoms with Crippen LogP contribution in [0.4, 0.5) is 17.1 Å². The lowest BCUT2D eigenvalue weighted by Gasteiger charge is -2.27. The molecule has 0 saturated carbocycles. The summed E-state index contributed by atoms with van der Waals surface area (Å²) in [5, 5.41) is 11.9. The van der Waals surface area contributed by atoms with Gasteiger partial charge in [-0.25, -0.2) is 0 Å². The Morgan fingerprint density at radius 1 is 0.318 bits per heavy atom. The Morgan fingerprint density at radius 2 is 0.864 bits per heavy atom. The van der Waals surface area contributed by atoms with Gasteiger partial charge in [-0.2, -0.15) is 0 Å². The highest BCUT2D eigenvalue weighted by molar-refractivity contribution is 7.26. The van der Waals surface area contributed by atoms with Crippen LogP contribution >= 0.6 is 11.3 Å². The lowest BCUT2D eigenvalue weighted by molar-refractivity contribution is 0.668. The molecule has 0 radical (unpaired) electrons. The van der Waals surface area contributed by atoms with Gasteiger partial charge < -0.3 is 13.7 Å². The van der Waals surface area contributed by atoms with Gasteiger partial charge in [0.2, 0.25) is 0 Å². The Labute approximate surface area is 383 Å². The van der Waals surface area contributed by atoms with Crippen LogP contribution in [-0.2, 0) is 0 Å². The van der Waals surface area contributed by atoms with E-state index < -0.39 is 0 Å². The summed E-state index contributed by atoms with van der Waals surface area (Å²) in [7, 11) is 0. The highest BCUT2D eigenvalue weighted by atomic mass is 32.1. The molecule has 3 heterocycles. The molecule has 66 heavy (non-hydrogen) atoms. The van der Waals surface area contributed by atoms with Gasteiger partial charge in [0.25, 0.3) is 0 Å². The van der Waals surface area contributed by atoms with Gasteiger partial charge >= 0.3 is 0 Å². The highest BCUT2D eigenvalue weighted by Gasteiger charge is 2.23. The molecule has 0 aliphatic heterocycles. The maximum Gasteiger partial charge on any atom is 0.159 e. The fourth-order valence-electron chi connectivity index (χ4n) is 10.4. The van der Waals surface area contributed by atoms with Gasteiger partial charge in [-0.3, -0.25) is 0 Å². The number of anilines is 3. The molecule has 3 aromatic heterocycles. The first-order chi connectivity index (χ1) is 32.7. The van der Waals surface area contributed by atoms with Crippen molar-refractivity contribution >= 4 is 114 Å². The van der Waals surface area contributed by atoms with Crippen LogP contribution in [0.5, 0.6) is 0 Å². The third kappa shape index (κ3) is 5.69. The van der Waals surface area contributed by atoms with E-state index in [1.807, 2.05) is 23.5 Å². The largest absolute Gasteiger partial charge is 0.456 e. The summed E-state index contributed by atoms with van der Waals surface area (Å²) >= 11 is 1.87. The minimum Gasteiger partial charge on any atom is -0.456 e. The average Bonchev–Trinajstić information content (AvgIpc) is 4.08. The van der Waals surface area contributed by atoms with Crippen LogP contribution in [0.3, 0.4) is 0 Å². The fraction of sp³-hybridized carbons (Fsp3) is 0. The molecule has 0 saturated heterocycles. The van der Waals surface area contributed by atoms with E-state index >= 15 is 0 Å². The van der Waals surface area contributed by atoms with Crippen molar-refractivity contribution in [1.82, 2.24) is 0 Å². The van der Waals surface area contributed by atoms with Crippen molar-refractivity contribution in [3.63, 3.8) is 0 Å². The molecule has 14 rings (SSSR count). The molecule has 308 valence electrons. The second-order valence-electron chi connectivity index (χ2n) is 17.1.